The van der Waals surface area contributed by atoms with Crippen LogP contribution >= 0.6 is 11.6 Å². The van der Waals surface area contributed by atoms with Gasteiger partial charge in [0.05, 0.1) is 5.52 Å². The maximum absolute atomic E-state index is 11.4. The molecule has 0 bridgehead atoms. The van der Waals surface area contributed by atoms with Crippen LogP contribution in [0, 0.1) is 18.3 Å². The highest BCUT2D eigenvalue weighted by atomic mass is 35.5. The fourth-order valence-electron chi connectivity index (χ4n) is 4.76. The zero-order chi connectivity index (χ0) is 18.5. The molecule has 0 aliphatic heterocycles. The number of aryl methyl sites for hydroxylation is 1. The van der Waals surface area contributed by atoms with Crippen LogP contribution in [0.25, 0.3) is 21.7 Å². The normalized spacial score (nSPS) is 21.2. The molecule has 1 saturated carbocycles. The predicted octanol–water partition coefficient (Wildman–Crippen LogP) is 5.11. The van der Waals surface area contributed by atoms with Gasteiger partial charge < -0.3 is 10.3 Å². The second-order valence-corrected chi connectivity index (χ2v) is 8.32. The van der Waals surface area contributed by atoms with Crippen molar-refractivity contribution in [3.05, 3.63) is 47.7 Å². The van der Waals surface area contributed by atoms with Gasteiger partial charge in [0.2, 0.25) is 5.91 Å². The summed E-state index contributed by atoms with van der Waals surface area (Å²) in [7, 11) is 0. The topological polar surface area (TPSA) is 44.9 Å². The highest BCUT2D eigenvalue weighted by molar-refractivity contribution is 6.27. The Morgan fingerprint density at radius 3 is 2.73 bits per heavy atom. The number of carbonyl (C=O) groups excluding carboxylic acids is 1. The molecule has 2 aromatic carbocycles. The van der Waals surface area contributed by atoms with Gasteiger partial charge in [0.1, 0.15) is 5.88 Å². The van der Waals surface area contributed by atoms with Crippen LogP contribution in [-0.2, 0) is 4.79 Å². The zero-order valence-electron chi connectivity index (χ0n) is 15.5. The SMILES string of the molecule is Cc1[nH]c2c(ccc3ccccc32)c1[C@H]1[C@H](CCNC(=O)CCl)C1(C)C. The number of nitrogens with one attached hydrogen (secondary N) is 2. The highest BCUT2D eigenvalue weighted by Gasteiger charge is 2.58. The van der Waals surface area contributed by atoms with E-state index in [9.17, 15) is 4.79 Å². The lowest BCUT2D eigenvalue weighted by atomic mass is 9.98. The van der Waals surface area contributed by atoms with Gasteiger partial charge in [-0.15, -0.1) is 11.6 Å². The third-order valence-corrected chi connectivity index (χ3v) is 6.44. The van der Waals surface area contributed by atoms with E-state index in [0.29, 0.717) is 18.4 Å². The minimum Gasteiger partial charge on any atom is -0.358 e. The molecule has 4 rings (SSSR count). The van der Waals surface area contributed by atoms with E-state index in [0.717, 1.165) is 6.42 Å². The van der Waals surface area contributed by atoms with Gasteiger partial charge in [0.25, 0.3) is 0 Å². The molecule has 2 atom stereocenters. The molecule has 26 heavy (non-hydrogen) atoms. The van der Waals surface area contributed by atoms with Crippen molar-refractivity contribution >= 4 is 39.2 Å². The average molecular weight is 369 g/mol. The van der Waals surface area contributed by atoms with Crippen molar-refractivity contribution in [1.82, 2.24) is 10.3 Å². The smallest absolute Gasteiger partial charge is 0.234 e. The molecule has 4 heteroatoms. The molecular formula is C22H25ClN2O. The van der Waals surface area contributed by atoms with Crippen LogP contribution in [0.3, 0.4) is 0 Å². The van der Waals surface area contributed by atoms with Crippen LogP contribution in [0.5, 0.6) is 0 Å². The van der Waals surface area contributed by atoms with Crippen LogP contribution in [0.1, 0.15) is 37.4 Å². The Hall–Kier alpha value is -2.00. The molecule has 136 valence electrons. The number of fused-ring (bicyclic) bond motifs is 3. The first-order valence-electron chi connectivity index (χ1n) is 9.27. The second kappa shape index (κ2) is 6.31. The lowest BCUT2D eigenvalue weighted by Gasteiger charge is -2.04. The summed E-state index contributed by atoms with van der Waals surface area (Å²) in [4.78, 5) is 15.0. The number of benzene rings is 2. The van der Waals surface area contributed by atoms with Gasteiger partial charge >= 0.3 is 0 Å². The number of rotatable bonds is 5. The molecule has 1 amide bonds. The first-order valence-corrected chi connectivity index (χ1v) is 9.81. The predicted molar refractivity (Wildman–Crippen MR) is 109 cm³/mol. The number of halogens is 1. The number of amides is 1. The van der Waals surface area contributed by atoms with E-state index in [4.69, 9.17) is 11.6 Å². The molecule has 2 N–H and O–H groups in total. The molecule has 0 radical (unpaired) electrons. The number of H-pyrrole nitrogens is 1. The summed E-state index contributed by atoms with van der Waals surface area (Å²) >= 11 is 5.57. The maximum atomic E-state index is 11.4. The van der Waals surface area contributed by atoms with E-state index in [1.54, 1.807) is 0 Å². The number of alkyl halides is 1. The molecule has 1 aromatic heterocycles. The summed E-state index contributed by atoms with van der Waals surface area (Å²) < 4.78 is 0. The van der Waals surface area contributed by atoms with Crippen LogP contribution in [0.15, 0.2) is 36.4 Å². The van der Waals surface area contributed by atoms with Crippen LogP contribution in [-0.4, -0.2) is 23.3 Å². The lowest BCUT2D eigenvalue weighted by Crippen LogP contribution is -2.25. The monoisotopic (exact) mass is 368 g/mol. The van der Waals surface area contributed by atoms with E-state index < -0.39 is 0 Å². The molecule has 1 heterocycles. The summed E-state index contributed by atoms with van der Waals surface area (Å²) in [5.41, 5.74) is 4.20. The molecule has 1 aliphatic rings. The average Bonchev–Trinajstić information content (AvgIpc) is 2.99. The van der Waals surface area contributed by atoms with E-state index in [2.05, 4.69) is 67.5 Å². The van der Waals surface area contributed by atoms with Crippen molar-refractivity contribution < 1.29 is 4.79 Å². The fraction of sp³-hybridized carbons (Fsp3) is 0.409. The Kier molecular flexibility index (Phi) is 4.23. The number of carbonyl (C=O) groups is 1. The Balaban J connectivity index is 1.67. The number of hydrogen-bond acceptors (Lipinski definition) is 1. The van der Waals surface area contributed by atoms with Gasteiger partial charge in [-0.25, -0.2) is 0 Å². The van der Waals surface area contributed by atoms with Gasteiger partial charge in [-0.2, -0.15) is 0 Å². The van der Waals surface area contributed by atoms with Crippen LogP contribution < -0.4 is 5.32 Å². The number of aromatic amines is 1. The molecule has 0 spiro atoms. The van der Waals surface area contributed by atoms with E-state index in [-0.39, 0.29) is 17.2 Å². The highest BCUT2D eigenvalue weighted by Crippen LogP contribution is 2.67. The zero-order valence-corrected chi connectivity index (χ0v) is 16.3. The summed E-state index contributed by atoms with van der Waals surface area (Å²) in [6.45, 7) is 7.56. The number of hydrogen-bond donors (Lipinski definition) is 2. The number of aromatic nitrogens is 1. The van der Waals surface area contributed by atoms with Crippen molar-refractivity contribution in [2.24, 2.45) is 11.3 Å². The summed E-state index contributed by atoms with van der Waals surface area (Å²) in [6, 6.07) is 13.0. The van der Waals surface area contributed by atoms with Crippen molar-refractivity contribution in [1.29, 1.82) is 0 Å². The van der Waals surface area contributed by atoms with E-state index in [1.807, 2.05) is 0 Å². The minimum atomic E-state index is -0.0867. The van der Waals surface area contributed by atoms with Crippen LogP contribution in [0.4, 0.5) is 0 Å². The van der Waals surface area contributed by atoms with Crippen molar-refractivity contribution in [3.8, 4) is 0 Å². The summed E-state index contributed by atoms with van der Waals surface area (Å²) in [5.74, 6) is 1.04. The second-order valence-electron chi connectivity index (χ2n) is 8.05. The molecule has 3 nitrogen and oxygen atoms in total. The van der Waals surface area contributed by atoms with Gasteiger partial charge in [-0.3, -0.25) is 4.79 Å². The molecule has 0 unspecified atom stereocenters. The van der Waals surface area contributed by atoms with Gasteiger partial charge in [0, 0.05) is 23.0 Å². The van der Waals surface area contributed by atoms with Gasteiger partial charge in [0.15, 0.2) is 0 Å². The third kappa shape index (κ3) is 2.69. The Labute approximate surface area is 159 Å². The van der Waals surface area contributed by atoms with Crippen molar-refractivity contribution in [2.45, 2.75) is 33.1 Å². The van der Waals surface area contributed by atoms with E-state index in [1.165, 1.54) is 32.9 Å². The quantitative estimate of drug-likeness (QED) is 0.603. The molecular weight excluding hydrogens is 344 g/mol. The Morgan fingerprint density at radius 1 is 1.19 bits per heavy atom. The summed E-state index contributed by atoms with van der Waals surface area (Å²) in [5, 5.41) is 6.79. The van der Waals surface area contributed by atoms with Gasteiger partial charge in [-0.05, 0) is 41.5 Å². The molecule has 0 saturated heterocycles. The summed E-state index contributed by atoms with van der Waals surface area (Å²) in [6.07, 6.45) is 0.986. The van der Waals surface area contributed by atoms with E-state index >= 15 is 0 Å². The molecule has 3 aromatic rings. The molecule has 1 aliphatic carbocycles. The molecule has 1 fully saturated rings. The first-order chi connectivity index (χ1) is 12.4. The Bertz CT molecular complexity index is 988. The third-order valence-electron chi connectivity index (χ3n) is 6.20. The van der Waals surface area contributed by atoms with Crippen LogP contribution in [0.2, 0.25) is 0 Å². The largest absolute Gasteiger partial charge is 0.358 e. The van der Waals surface area contributed by atoms with Gasteiger partial charge in [-0.1, -0.05) is 50.2 Å². The van der Waals surface area contributed by atoms with Crippen molar-refractivity contribution in [2.75, 3.05) is 12.4 Å². The lowest BCUT2D eigenvalue weighted by molar-refractivity contribution is -0.118. The standard InChI is InChI=1S/C22H25ClN2O/c1-13-19(20-17(22(20,2)3)10-11-24-18(26)12-23)16-9-8-14-6-4-5-7-15(14)21(16)25-13/h4-9,17,20,25H,10-12H2,1-3H3,(H,24,26)/t17-,20+/m0/s1. The fourth-order valence-corrected chi connectivity index (χ4v) is 4.85. The first kappa shape index (κ1) is 17.4. The Morgan fingerprint density at radius 2 is 1.96 bits per heavy atom. The van der Waals surface area contributed by atoms with Crippen molar-refractivity contribution in [3.63, 3.8) is 0 Å². The maximum Gasteiger partial charge on any atom is 0.234 e. The minimum absolute atomic E-state index is 0.0338.